The second-order valence-corrected chi connectivity index (χ2v) is 12.2. The van der Waals surface area contributed by atoms with Crippen LogP contribution in [0, 0.1) is 5.82 Å². The van der Waals surface area contributed by atoms with Crippen molar-refractivity contribution >= 4 is 39.1 Å². The zero-order chi connectivity index (χ0) is 31.7. The van der Waals surface area contributed by atoms with Gasteiger partial charge in [0.25, 0.3) is 10.0 Å². The molecular formula is C33H33ClFN3O5S. The number of carbonyl (C=O) groups is 2. The van der Waals surface area contributed by atoms with Gasteiger partial charge in [0.15, 0.2) is 0 Å². The second kappa shape index (κ2) is 14.9. The van der Waals surface area contributed by atoms with E-state index in [9.17, 15) is 22.4 Å². The van der Waals surface area contributed by atoms with E-state index in [0.717, 1.165) is 22.0 Å². The Morgan fingerprint density at radius 2 is 1.52 bits per heavy atom. The molecule has 2 amide bonds. The van der Waals surface area contributed by atoms with Gasteiger partial charge in [0.05, 0.1) is 17.2 Å². The summed E-state index contributed by atoms with van der Waals surface area (Å²) in [6, 6.07) is 25.7. The van der Waals surface area contributed by atoms with Crippen molar-refractivity contribution in [3.63, 3.8) is 0 Å². The zero-order valence-corrected chi connectivity index (χ0v) is 25.9. The number of rotatable bonds is 13. The monoisotopic (exact) mass is 637 g/mol. The number of amides is 2. The number of likely N-dealkylation sites (N-methyl/N-ethyl adjacent to an activating group) is 1. The number of carbonyl (C=O) groups excluding carboxylic acids is 2. The van der Waals surface area contributed by atoms with Crippen LogP contribution in [-0.2, 0) is 32.6 Å². The van der Waals surface area contributed by atoms with E-state index in [0.29, 0.717) is 22.9 Å². The van der Waals surface area contributed by atoms with E-state index >= 15 is 0 Å². The van der Waals surface area contributed by atoms with Crippen LogP contribution >= 0.6 is 11.6 Å². The van der Waals surface area contributed by atoms with Crippen molar-refractivity contribution in [2.24, 2.45) is 0 Å². The van der Waals surface area contributed by atoms with Gasteiger partial charge in [-0.3, -0.25) is 13.9 Å². The maximum absolute atomic E-state index is 14.3. The molecule has 1 atom stereocenters. The first-order valence-corrected chi connectivity index (χ1v) is 15.7. The molecule has 0 spiro atoms. The molecule has 0 aromatic heterocycles. The third kappa shape index (κ3) is 8.15. The van der Waals surface area contributed by atoms with E-state index in [2.05, 4.69) is 5.32 Å². The lowest BCUT2D eigenvalue weighted by molar-refractivity contribution is -0.139. The topological polar surface area (TPSA) is 96.0 Å². The van der Waals surface area contributed by atoms with Crippen LogP contribution in [0.25, 0.3) is 0 Å². The minimum atomic E-state index is -4.33. The van der Waals surface area contributed by atoms with Gasteiger partial charge in [-0.2, -0.15) is 0 Å². The first-order valence-electron chi connectivity index (χ1n) is 13.9. The van der Waals surface area contributed by atoms with Crippen LogP contribution in [0.5, 0.6) is 5.75 Å². The van der Waals surface area contributed by atoms with Gasteiger partial charge in [0, 0.05) is 25.0 Å². The van der Waals surface area contributed by atoms with Gasteiger partial charge < -0.3 is 15.0 Å². The molecule has 11 heteroatoms. The van der Waals surface area contributed by atoms with Crippen LogP contribution < -0.4 is 14.4 Å². The predicted molar refractivity (Wildman–Crippen MR) is 169 cm³/mol. The number of ether oxygens (including phenoxy) is 1. The normalized spacial score (nSPS) is 11.8. The quantitative estimate of drug-likeness (QED) is 0.210. The van der Waals surface area contributed by atoms with Crippen molar-refractivity contribution in [3.8, 4) is 5.75 Å². The SMILES string of the molecule is CCOc1ccc(S(=O)(=O)N(CC(=O)N(Cc2ccc(Cl)cc2)[C@@H](Cc2ccccc2)C(=O)NC)c2ccc(F)cc2)cc1. The molecule has 0 saturated heterocycles. The average Bonchev–Trinajstić information content (AvgIpc) is 3.03. The fourth-order valence-electron chi connectivity index (χ4n) is 4.64. The third-order valence-electron chi connectivity index (χ3n) is 6.90. The highest BCUT2D eigenvalue weighted by Crippen LogP contribution is 2.27. The fraction of sp³-hybridized carbons (Fsp3) is 0.212. The molecule has 0 bridgehead atoms. The summed E-state index contributed by atoms with van der Waals surface area (Å²) in [4.78, 5) is 28.8. The molecule has 0 fully saturated rings. The van der Waals surface area contributed by atoms with Crippen molar-refractivity contribution in [1.82, 2.24) is 10.2 Å². The van der Waals surface area contributed by atoms with Crippen molar-refractivity contribution in [3.05, 3.63) is 125 Å². The number of halogens is 2. The molecular weight excluding hydrogens is 605 g/mol. The number of sulfonamides is 1. The number of nitrogens with zero attached hydrogens (tertiary/aromatic N) is 2. The summed E-state index contributed by atoms with van der Waals surface area (Å²) in [7, 11) is -2.85. The summed E-state index contributed by atoms with van der Waals surface area (Å²) >= 11 is 6.08. The van der Waals surface area contributed by atoms with Crippen LogP contribution in [0.4, 0.5) is 10.1 Å². The Bertz CT molecular complexity index is 1650. The summed E-state index contributed by atoms with van der Waals surface area (Å²) < 4.78 is 48.3. The van der Waals surface area contributed by atoms with Crippen LogP contribution in [0.15, 0.2) is 108 Å². The molecule has 4 rings (SSSR count). The summed E-state index contributed by atoms with van der Waals surface area (Å²) in [5.74, 6) is -1.13. The fourth-order valence-corrected chi connectivity index (χ4v) is 6.19. The number of hydrogen-bond acceptors (Lipinski definition) is 5. The highest BCUT2D eigenvalue weighted by molar-refractivity contribution is 7.92. The summed E-state index contributed by atoms with van der Waals surface area (Å²) in [6.45, 7) is 1.56. The van der Waals surface area contributed by atoms with Gasteiger partial charge in [-0.15, -0.1) is 0 Å². The molecule has 1 N–H and O–H groups in total. The van der Waals surface area contributed by atoms with E-state index in [1.54, 1.807) is 24.3 Å². The minimum absolute atomic E-state index is 0.00127. The lowest BCUT2D eigenvalue weighted by Crippen LogP contribution is -2.53. The highest BCUT2D eigenvalue weighted by atomic mass is 35.5. The van der Waals surface area contributed by atoms with Crippen LogP contribution in [0.3, 0.4) is 0 Å². The van der Waals surface area contributed by atoms with Crippen molar-refractivity contribution in [2.45, 2.75) is 30.8 Å². The Balaban J connectivity index is 1.76. The third-order valence-corrected chi connectivity index (χ3v) is 8.94. The van der Waals surface area contributed by atoms with Gasteiger partial charge >= 0.3 is 0 Å². The Labute approximate surface area is 262 Å². The van der Waals surface area contributed by atoms with Crippen LogP contribution in [-0.4, -0.2) is 51.4 Å². The van der Waals surface area contributed by atoms with E-state index in [1.165, 1.54) is 48.3 Å². The first kappa shape index (κ1) is 32.5. The number of anilines is 1. The lowest BCUT2D eigenvalue weighted by Gasteiger charge is -2.33. The van der Waals surface area contributed by atoms with Crippen molar-refractivity contribution in [2.75, 3.05) is 24.5 Å². The molecule has 0 aliphatic carbocycles. The zero-order valence-electron chi connectivity index (χ0n) is 24.3. The smallest absolute Gasteiger partial charge is 0.264 e. The van der Waals surface area contributed by atoms with E-state index in [4.69, 9.17) is 16.3 Å². The average molecular weight is 638 g/mol. The van der Waals surface area contributed by atoms with E-state index < -0.39 is 40.2 Å². The minimum Gasteiger partial charge on any atom is -0.494 e. The largest absolute Gasteiger partial charge is 0.494 e. The van der Waals surface area contributed by atoms with Gasteiger partial charge in [-0.25, -0.2) is 12.8 Å². The van der Waals surface area contributed by atoms with Crippen LogP contribution in [0.2, 0.25) is 5.02 Å². The van der Waals surface area contributed by atoms with Gasteiger partial charge in [-0.05, 0) is 78.7 Å². The Hall–Kier alpha value is -4.41. The summed E-state index contributed by atoms with van der Waals surface area (Å²) in [6.07, 6.45) is 0.183. The summed E-state index contributed by atoms with van der Waals surface area (Å²) in [5.41, 5.74) is 1.58. The molecule has 0 aliphatic heterocycles. The molecule has 0 unspecified atom stereocenters. The van der Waals surface area contributed by atoms with Gasteiger partial charge in [-0.1, -0.05) is 54.1 Å². The molecule has 8 nitrogen and oxygen atoms in total. The molecule has 44 heavy (non-hydrogen) atoms. The molecule has 0 saturated carbocycles. The molecule has 0 radical (unpaired) electrons. The maximum Gasteiger partial charge on any atom is 0.264 e. The van der Waals surface area contributed by atoms with Gasteiger partial charge in [0.2, 0.25) is 11.8 Å². The molecule has 0 aliphatic rings. The van der Waals surface area contributed by atoms with Crippen molar-refractivity contribution in [1.29, 1.82) is 0 Å². The Kier molecular flexibility index (Phi) is 11.0. The van der Waals surface area contributed by atoms with E-state index in [1.807, 2.05) is 37.3 Å². The first-order chi connectivity index (χ1) is 21.1. The van der Waals surface area contributed by atoms with E-state index in [-0.39, 0.29) is 23.5 Å². The lowest BCUT2D eigenvalue weighted by atomic mass is 10.0. The predicted octanol–water partition coefficient (Wildman–Crippen LogP) is 5.46. The second-order valence-electron chi connectivity index (χ2n) is 9.86. The molecule has 230 valence electrons. The molecule has 4 aromatic carbocycles. The maximum atomic E-state index is 14.3. The standard InChI is InChI=1S/C33H33ClFN3O5S/c1-3-43-29-17-19-30(20-18-29)44(41,42)38(28-15-13-27(35)14-16-28)23-32(39)37(22-25-9-11-26(34)12-10-25)31(33(40)36-2)21-24-7-5-4-6-8-24/h4-20,31H,3,21-23H2,1-2H3,(H,36,40)/t31-/m0/s1. The number of benzene rings is 4. The Morgan fingerprint density at radius 1 is 0.886 bits per heavy atom. The number of nitrogens with one attached hydrogen (secondary N) is 1. The molecule has 0 heterocycles. The molecule has 4 aromatic rings. The van der Waals surface area contributed by atoms with Crippen molar-refractivity contribution < 1.29 is 27.1 Å². The van der Waals surface area contributed by atoms with Gasteiger partial charge in [0.1, 0.15) is 24.2 Å². The van der Waals surface area contributed by atoms with Crippen LogP contribution in [0.1, 0.15) is 18.1 Å². The Morgan fingerprint density at radius 3 is 2.11 bits per heavy atom. The number of hydrogen-bond donors (Lipinski definition) is 1. The highest BCUT2D eigenvalue weighted by Gasteiger charge is 2.34. The summed E-state index contributed by atoms with van der Waals surface area (Å²) in [5, 5.41) is 3.14.